The summed E-state index contributed by atoms with van der Waals surface area (Å²) in [5.74, 6) is 0.785. The number of ketones is 1. The highest BCUT2D eigenvalue weighted by Gasteiger charge is 2.16. The highest BCUT2D eigenvalue weighted by molar-refractivity contribution is 6.00. The predicted molar refractivity (Wildman–Crippen MR) is 101 cm³/mol. The Bertz CT molecular complexity index is 812. The number of esters is 1. The average Bonchev–Trinajstić information content (AvgIpc) is 2.68. The van der Waals surface area contributed by atoms with E-state index in [-0.39, 0.29) is 25.4 Å². The maximum atomic E-state index is 12.3. The van der Waals surface area contributed by atoms with E-state index < -0.39 is 5.97 Å². The van der Waals surface area contributed by atoms with E-state index in [1.54, 1.807) is 18.2 Å². The number of benzene rings is 2. The van der Waals surface area contributed by atoms with E-state index in [1.807, 2.05) is 32.0 Å². The third-order valence-corrected chi connectivity index (χ3v) is 3.98. The number of carbonyl (C=O) groups is 2. The lowest BCUT2D eigenvalue weighted by Gasteiger charge is -2.11. The van der Waals surface area contributed by atoms with Gasteiger partial charge in [0.2, 0.25) is 5.78 Å². The zero-order valence-corrected chi connectivity index (χ0v) is 16.0. The third kappa shape index (κ3) is 5.74. The zero-order chi connectivity index (χ0) is 19.8. The summed E-state index contributed by atoms with van der Waals surface area (Å²) in [6.07, 6.45) is 0.0515. The molecule has 0 bridgehead atoms. The zero-order valence-electron chi connectivity index (χ0n) is 16.0. The van der Waals surface area contributed by atoms with Crippen LogP contribution in [0, 0.1) is 13.8 Å². The van der Waals surface area contributed by atoms with Gasteiger partial charge in [0.15, 0.2) is 6.61 Å². The first kappa shape index (κ1) is 20.3. The van der Waals surface area contributed by atoms with E-state index in [9.17, 15) is 9.59 Å². The number of carbonyl (C=O) groups excluding carboxylic acids is 2. The van der Waals surface area contributed by atoms with Crippen LogP contribution in [-0.4, -0.2) is 39.2 Å². The number of aryl methyl sites for hydroxylation is 2. The van der Waals surface area contributed by atoms with Gasteiger partial charge in [0.1, 0.15) is 17.2 Å². The van der Waals surface area contributed by atoms with Crippen molar-refractivity contribution >= 4 is 11.8 Å². The molecule has 0 aliphatic rings. The van der Waals surface area contributed by atoms with Gasteiger partial charge >= 0.3 is 5.97 Å². The van der Waals surface area contributed by atoms with Crippen LogP contribution in [0.15, 0.2) is 36.4 Å². The lowest BCUT2D eigenvalue weighted by atomic mass is 10.1. The summed E-state index contributed by atoms with van der Waals surface area (Å²) in [4.78, 5) is 24.2. The molecule has 0 fully saturated rings. The van der Waals surface area contributed by atoms with Crippen molar-refractivity contribution in [2.45, 2.75) is 20.3 Å². The van der Waals surface area contributed by atoms with Crippen molar-refractivity contribution in [3.05, 3.63) is 53.1 Å². The molecule has 0 saturated carbocycles. The lowest BCUT2D eigenvalue weighted by molar-refractivity contribution is -0.143. The van der Waals surface area contributed by atoms with Crippen molar-refractivity contribution in [2.24, 2.45) is 0 Å². The SMILES string of the molecule is COc1ccc(OC)c(C(=O)COC(=O)CCOc2cc(C)ccc2C)c1. The van der Waals surface area contributed by atoms with Gasteiger partial charge in [-0.1, -0.05) is 12.1 Å². The highest BCUT2D eigenvalue weighted by Crippen LogP contribution is 2.24. The first-order valence-electron chi connectivity index (χ1n) is 8.55. The van der Waals surface area contributed by atoms with Crippen molar-refractivity contribution in [1.82, 2.24) is 0 Å². The van der Waals surface area contributed by atoms with Crippen molar-refractivity contribution in [3.8, 4) is 17.2 Å². The summed E-state index contributed by atoms with van der Waals surface area (Å²) < 4.78 is 21.0. The fourth-order valence-corrected chi connectivity index (χ4v) is 2.44. The molecule has 0 aliphatic heterocycles. The predicted octanol–water partition coefficient (Wildman–Crippen LogP) is 3.52. The van der Waals surface area contributed by atoms with Crippen molar-refractivity contribution in [3.63, 3.8) is 0 Å². The molecule has 0 radical (unpaired) electrons. The minimum atomic E-state index is -0.504. The molecule has 0 spiro atoms. The summed E-state index contributed by atoms with van der Waals surface area (Å²) in [5, 5.41) is 0. The van der Waals surface area contributed by atoms with Gasteiger partial charge in [-0.05, 0) is 49.2 Å². The Hall–Kier alpha value is -3.02. The number of rotatable bonds is 9. The first-order valence-corrected chi connectivity index (χ1v) is 8.55. The lowest BCUT2D eigenvalue weighted by Crippen LogP contribution is -2.17. The van der Waals surface area contributed by atoms with Gasteiger partial charge in [0.25, 0.3) is 0 Å². The molecular weight excluding hydrogens is 348 g/mol. The fourth-order valence-electron chi connectivity index (χ4n) is 2.44. The Kier molecular flexibility index (Phi) is 7.23. The first-order chi connectivity index (χ1) is 12.9. The molecular formula is C21H24O6. The van der Waals surface area contributed by atoms with Crippen LogP contribution in [0.25, 0.3) is 0 Å². The van der Waals surface area contributed by atoms with Gasteiger partial charge in [-0.2, -0.15) is 0 Å². The van der Waals surface area contributed by atoms with Crippen molar-refractivity contribution in [1.29, 1.82) is 0 Å². The standard InChI is InChI=1S/C21H24O6/c1-14-5-6-15(2)20(11-14)26-10-9-21(23)27-13-18(22)17-12-16(24-3)7-8-19(17)25-4/h5-8,11-12H,9-10,13H2,1-4H3. The van der Waals surface area contributed by atoms with Gasteiger partial charge in [0, 0.05) is 0 Å². The maximum Gasteiger partial charge on any atom is 0.309 e. The Morgan fingerprint density at radius 3 is 2.41 bits per heavy atom. The molecule has 0 unspecified atom stereocenters. The maximum absolute atomic E-state index is 12.3. The van der Waals surface area contributed by atoms with Crippen LogP contribution >= 0.6 is 0 Å². The molecule has 0 heterocycles. The quantitative estimate of drug-likeness (QED) is 0.495. The molecule has 0 saturated heterocycles. The smallest absolute Gasteiger partial charge is 0.309 e. The number of Topliss-reactive ketones (excluding diaryl/α,β-unsaturated/α-hetero) is 1. The number of hydrogen-bond donors (Lipinski definition) is 0. The summed E-state index contributed by atoms with van der Waals surface area (Å²) in [5.41, 5.74) is 2.38. The van der Waals surface area contributed by atoms with E-state index in [4.69, 9.17) is 18.9 Å². The van der Waals surface area contributed by atoms with Crippen LogP contribution in [0.4, 0.5) is 0 Å². The van der Waals surface area contributed by atoms with Crippen LogP contribution in [0.5, 0.6) is 17.2 Å². The molecule has 6 nitrogen and oxygen atoms in total. The van der Waals surface area contributed by atoms with Gasteiger partial charge in [-0.3, -0.25) is 9.59 Å². The minimum Gasteiger partial charge on any atom is -0.497 e. The van der Waals surface area contributed by atoms with Gasteiger partial charge in [-0.15, -0.1) is 0 Å². The largest absolute Gasteiger partial charge is 0.497 e. The Morgan fingerprint density at radius 1 is 0.926 bits per heavy atom. The molecule has 27 heavy (non-hydrogen) atoms. The number of methoxy groups -OCH3 is 2. The summed E-state index contributed by atoms with van der Waals surface area (Å²) in [7, 11) is 2.97. The van der Waals surface area contributed by atoms with Gasteiger partial charge in [-0.25, -0.2) is 0 Å². The van der Waals surface area contributed by atoms with E-state index >= 15 is 0 Å². The molecule has 0 aromatic heterocycles. The molecule has 2 aromatic carbocycles. The normalized spacial score (nSPS) is 10.2. The second-order valence-electron chi connectivity index (χ2n) is 6.02. The van der Waals surface area contributed by atoms with Crippen LogP contribution in [0.3, 0.4) is 0 Å². The summed E-state index contributed by atoms with van der Waals surface area (Å²) in [6, 6.07) is 10.7. The summed E-state index contributed by atoms with van der Waals surface area (Å²) >= 11 is 0. The molecule has 0 aliphatic carbocycles. The third-order valence-electron chi connectivity index (χ3n) is 3.98. The number of hydrogen-bond acceptors (Lipinski definition) is 6. The van der Waals surface area contributed by atoms with Crippen molar-refractivity contribution in [2.75, 3.05) is 27.4 Å². The second kappa shape index (κ2) is 9.62. The minimum absolute atomic E-state index is 0.0515. The number of ether oxygens (including phenoxy) is 4. The Balaban J connectivity index is 1.85. The molecule has 6 heteroatoms. The van der Waals surface area contributed by atoms with Gasteiger partial charge < -0.3 is 18.9 Å². The van der Waals surface area contributed by atoms with Gasteiger partial charge in [0.05, 0.1) is 32.8 Å². The summed E-state index contributed by atoms with van der Waals surface area (Å²) in [6.45, 7) is 3.72. The van der Waals surface area contributed by atoms with E-state index in [0.717, 1.165) is 16.9 Å². The molecule has 2 rings (SSSR count). The molecule has 144 valence electrons. The van der Waals surface area contributed by atoms with Crippen LogP contribution in [-0.2, 0) is 9.53 Å². The monoisotopic (exact) mass is 372 g/mol. The average molecular weight is 372 g/mol. The highest BCUT2D eigenvalue weighted by atomic mass is 16.5. The van der Waals surface area contributed by atoms with Crippen LogP contribution in [0.1, 0.15) is 27.9 Å². The van der Waals surface area contributed by atoms with E-state index in [2.05, 4.69) is 0 Å². The molecule has 0 atom stereocenters. The molecule has 0 amide bonds. The van der Waals surface area contributed by atoms with Crippen LogP contribution < -0.4 is 14.2 Å². The topological polar surface area (TPSA) is 71.1 Å². The molecule has 2 aromatic rings. The van der Waals surface area contributed by atoms with Crippen LogP contribution in [0.2, 0.25) is 0 Å². The second-order valence-corrected chi connectivity index (χ2v) is 6.02. The fraction of sp³-hybridized carbons (Fsp3) is 0.333. The Labute approximate surface area is 159 Å². The Morgan fingerprint density at radius 2 is 1.70 bits per heavy atom. The van der Waals surface area contributed by atoms with E-state index in [1.165, 1.54) is 14.2 Å². The van der Waals surface area contributed by atoms with E-state index in [0.29, 0.717) is 17.1 Å². The van der Waals surface area contributed by atoms with Crippen molar-refractivity contribution < 1.29 is 28.5 Å². The molecule has 0 N–H and O–H groups in total.